The number of aryl methyl sites for hydroxylation is 2. The van der Waals surface area contributed by atoms with Crippen molar-refractivity contribution in [2.45, 2.75) is 45.7 Å². The van der Waals surface area contributed by atoms with E-state index < -0.39 is 0 Å². The minimum atomic E-state index is -0.124. The maximum atomic E-state index is 13.8. The van der Waals surface area contributed by atoms with Crippen LogP contribution in [-0.4, -0.2) is 11.7 Å². The van der Waals surface area contributed by atoms with E-state index in [4.69, 9.17) is 5.11 Å². The fraction of sp³-hybridized carbons (Fsp3) is 0.400. The molecule has 0 aliphatic carbocycles. The highest BCUT2D eigenvalue weighted by Crippen LogP contribution is 2.25. The van der Waals surface area contributed by atoms with Crippen molar-refractivity contribution in [1.29, 1.82) is 0 Å². The van der Waals surface area contributed by atoms with E-state index in [0.29, 0.717) is 11.1 Å². The third-order valence-corrected chi connectivity index (χ3v) is 4.26. The third-order valence-electron chi connectivity index (χ3n) is 4.26. The predicted molar refractivity (Wildman–Crippen MR) is 92.9 cm³/mol. The summed E-state index contributed by atoms with van der Waals surface area (Å²) in [6.07, 6.45) is 1.62. The summed E-state index contributed by atoms with van der Waals surface area (Å²) >= 11 is 0. The molecule has 2 atom stereocenters. The Kier molecular flexibility index (Phi) is 6.31. The molecule has 0 bridgehead atoms. The van der Waals surface area contributed by atoms with Gasteiger partial charge in [0.25, 0.3) is 0 Å². The second kappa shape index (κ2) is 8.23. The van der Waals surface area contributed by atoms with E-state index in [0.717, 1.165) is 18.4 Å². The van der Waals surface area contributed by atoms with Crippen LogP contribution in [0, 0.1) is 19.7 Å². The molecule has 0 aliphatic rings. The Hall–Kier alpha value is -1.71. The molecule has 2 aromatic carbocycles. The van der Waals surface area contributed by atoms with Gasteiger partial charge in [-0.15, -0.1) is 0 Å². The Morgan fingerprint density at radius 3 is 2.22 bits per heavy atom. The largest absolute Gasteiger partial charge is 0.396 e. The minimum absolute atomic E-state index is 0.108. The lowest BCUT2D eigenvalue weighted by Gasteiger charge is -2.25. The van der Waals surface area contributed by atoms with Crippen LogP contribution in [0.25, 0.3) is 0 Å². The number of aliphatic hydroxyl groups excluding tert-OH is 1. The van der Waals surface area contributed by atoms with Gasteiger partial charge in [0.15, 0.2) is 0 Å². The fourth-order valence-corrected chi connectivity index (χ4v) is 2.95. The number of hydrogen-bond acceptors (Lipinski definition) is 2. The van der Waals surface area contributed by atoms with Crippen molar-refractivity contribution in [1.82, 2.24) is 5.32 Å². The molecular formula is C20H26FNO. The number of aliphatic hydroxyl groups is 1. The molecule has 0 fully saturated rings. The average Bonchev–Trinajstić information content (AvgIpc) is 2.56. The highest BCUT2D eigenvalue weighted by molar-refractivity contribution is 5.32. The summed E-state index contributed by atoms with van der Waals surface area (Å²) in [5.41, 5.74) is 3.66. The second-order valence-electron chi connectivity index (χ2n) is 6.19. The molecule has 124 valence electrons. The second-order valence-corrected chi connectivity index (χ2v) is 6.19. The monoisotopic (exact) mass is 315 g/mol. The van der Waals surface area contributed by atoms with Crippen molar-refractivity contribution < 1.29 is 9.50 Å². The van der Waals surface area contributed by atoms with E-state index in [1.54, 1.807) is 13.8 Å². The molecule has 0 aliphatic heterocycles. The molecule has 2 N–H and O–H groups in total. The third kappa shape index (κ3) is 4.63. The highest BCUT2D eigenvalue weighted by atomic mass is 19.1. The Balaban J connectivity index is 2.18. The zero-order valence-corrected chi connectivity index (χ0v) is 14.1. The number of benzene rings is 2. The summed E-state index contributed by atoms with van der Waals surface area (Å²) in [6, 6.07) is 14.4. The molecule has 2 unspecified atom stereocenters. The van der Waals surface area contributed by atoms with Crippen LogP contribution in [0.1, 0.15) is 54.1 Å². The van der Waals surface area contributed by atoms with Crippen molar-refractivity contribution in [2.75, 3.05) is 6.61 Å². The normalized spacial score (nSPS) is 13.8. The van der Waals surface area contributed by atoms with Gasteiger partial charge in [0.05, 0.1) is 0 Å². The van der Waals surface area contributed by atoms with Gasteiger partial charge in [0.2, 0.25) is 0 Å². The van der Waals surface area contributed by atoms with E-state index >= 15 is 0 Å². The summed E-state index contributed by atoms with van der Waals surface area (Å²) in [4.78, 5) is 0. The first-order valence-corrected chi connectivity index (χ1v) is 8.21. The van der Waals surface area contributed by atoms with Gasteiger partial charge in [-0.3, -0.25) is 0 Å². The van der Waals surface area contributed by atoms with Crippen molar-refractivity contribution in [3.05, 3.63) is 70.5 Å². The Labute approximate surface area is 138 Å². The van der Waals surface area contributed by atoms with E-state index in [-0.39, 0.29) is 24.5 Å². The molecule has 3 heteroatoms. The lowest BCUT2D eigenvalue weighted by atomic mass is 9.97. The molecule has 0 aromatic heterocycles. The molecule has 0 radical (unpaired) electrons. The van der Waals surface area contributed by atoms with Gasteiger partial charge < -0.3 is 10.4 Å². The molecule has 0 amide bonds. The Bertz CT molecular complexity index is 604. The molecule has 2 nitrogen and oxygen atoms in total. The maximum Gasteiger partial charge on any atom is 0.129 e. The van der Waals surface area contributed by atoms with Crippen molar-refractivity contribution in [2.24, 2.45) is 0 Å². The molecule has 2 aromatic rings. The summed E-state index contributed by atoms with van der Waals surface area (Å²) < 4.78 is 13.8. The lowest BCUT2D eigenvalue weighted by molar-refractivity contribution is 0.272. The summed E-state index contributed by atoms with van der Waals surface area (Å²) in [5.74, 6) is -0.124. The molecule has 0 heterocycles. The molecule has 23 heavy (non-hydrogen) atoms. The van der Waals surface area contributed by atoms with E-state index in [1.807, 2.05) is 30.3 Å². The van der Waals surface area contributed by atoms with Crippen LogP contribution >= 0.6 is 0 Å². The summed E-state index contributed by atoms with van der Waals surface area (Å²) in [5, 5.41) is 12.8. The standard InChI is InChI=1S/C20H26FNO/c1-14-12-18(13-15(2)20(14)21)16(3)22-19(10-7-11-23)17-8-5-4-6-9-17/h4-6,8-9,12-13,16,19,22-23H,7,10-11H2,1-3H3. The van der Waals surface area contributed by atoms with Crippen molar-refractivity contribution in [3.8, 4) is 0 Å². The minimum Gasteiger partial charge on any atom is -0.396 e. The molecule has 0 saturated heterocycles. The quantitative estimate of drug-likeness (QED) is 0.782. The fourth-order valence-electron chi connectivity index (χ4n) is 2.95. The van der Waals surface area contributed by atoms with Crippen LogP contribution < -0.4 is 5.32 Å². The van der Waals surface area contributed by atoms with E-state index in [1.165, 1.54) is 5.56 Å². The number of rotatable bonds is 7. The van der Waals surface area contributed by atoms with E-state index in [9.17, 15) is 4.39 Å². The first-order chi connectivity index (χ1) is 11.0. The predicted octanol–water partition coefficient (Wildman–Crippen LogP) is 4.61. The van der Waals surface area contributed by atoms with Gasteiger partial charge in [0.1, 0.15) is 5.82 Å². The first-order valence-electron chi connectivity index (χ1n) is 8.21. The lowest BCUT2D eigenvalue weighted by Crippen LogP contribution is -2.25. The van der Waals surface area contributed by atoms with Crippen LogP contribution in [0.5, 0.6) is 0 Å². The molecule has 0 saturated carbocycles. The van der Waals surface area contributed by atoms with Gasteiger partial charge in [-0.1, -0.05) is 42.5 Å². The molecular weight excluding hydrogens is 289 g/mol. The Morgan fingerprint density at radius 1 is 1.04 bits per heavy atom. The van der Waals surface area contributed by atoms with Crippen LogP contribution in [0.3, 0.4) is 0 Å². The van der Waals surface area contributed by atoms with Crippen LogP contribution in [0.15, 0.2) is 42.5 Å². The maximum absolute atomic E-state index is 13.8. The zero-order chi connectivity index (χ0) is 16.8. The molecule has 0 spiro atoms. The van der Waals surface area contributed by atoms with Crippen LogP contribution in [0.2, 0.25) is 0 Å². The van der Waals surface area contributed by atoms with Crippen molar-refractivity contribution in [3.63, 3.8) is 0 Å². The van der Waals surface area contributed by atoms with E-state index in [2.05, 4.69) is 24.4 Å². The molecule has 2 rings (SSSR count). The zero-order valence-electron chi connectivity index (χ0n) is 14.1. The van der Waals surface area contributed by atoms with Crippen molar-refractivity contribution >= 4 is 0 Å². The number of nitrogens with one attached hydrogen (secondary N) is 1. The van der Waals surface area contributed by atoms with Gasteiger partial charge in [0, 0.05) is 18.7 Å². The van der Waals surface area contributed by atoms with Crippen LogP contribution in [-0.2, 0) is 0 Å². The van der Waals surface area contributed by atoms with Gasteiger partial charge >= 0.3 is 0 Å². The smallest absolute Gasteiger partial charge is 0.129 e. The first kappa shape index (κ1) is 17.6. The number of hydrogen-bond donors (Lipinski definition) is 2. The average molecular weight is 315 g/mol. The topological polar surface area (TPSA) is 32.3 Å². The Morgan fingerprint density at radius 2 is 1.65 bits per heavy atom. The summed E-state index contributed by atoms with van der Waals surface area (Å²) in [7, 11) is 0. The summed E-state index contributed by atoms with van der Waals surface area (Å²) in [6.45, 7) is 5.90. The van der Waals surface area contributed by atoms with Gasteiger partial charge in [-0.25, -0.2) is 4.39 Å². The van der Waals surface area contributed by atoms with Crippen LogP contribution in [0.4, 0.5) is 4.39 Å². The van der Waals surface area contributed by atoms with Gasteiger partial charge in [-0.05, 0) is 55.9 Å². The highest BCUT2D eigenvalue weighted by Gasteiger charge is 2.16. The van der Waals surface area contributed by atoms with Gasteiger partial charge in [-0.2, -0.15) is 0 Å². The SMILES string of the molecule is Cc1cc(C(C)NC(CCCO)c2ccccc2)cc(C)c1F. The number of halogens is 1.